The van der Waals surface area contributed by atoms with Gasteiger partial charge in [-0.25, -0.2) is 0 Å². The largest absolute Gasteiger partial charge is 0.497 e. The van der Waals surface area contributed by atoms with E-state index in [0.29, 0.717) is 6.04 Å². The Balaban J connectivity index is 1.88. The van der Waals surface area contributed by atoms with Gasteiger partial charge in [-0.1, -0.05) is 25.0 Å². The first kappa shape index (κ1) is 15.8. The van der Waals surface area contributed by atoms with Crippen LogP contribution in [-0.4, -0.2) is 25.1 Å². The standard InChI is InChI=1S/C17H26N2O2/c1-12(14-7-6-10-16(11-14)21-3)18-13(2)17(20)19-15-8-4-5-9-15/h6-7,10-13,15,18H,4-5,8-9H2,1-3H3,(H,19,20)/t12-,13?/m1/s1. The predicted molar refractivity (Wildman–Crippen MR) is 84.4 cm³/mol. The number of ether oxygens (including phenoxy) is 1. The van der Waals surface area contributed by atoms with Gasteiger partial charge in [0.2, 0.25) is 5.91 Å². The summed E-state index contributed by atoms with van der Waals surface area (Å²) in [5, 5.41) is 6.49. The van der Waals surface area contributed by atoms with E-state index in [4.69, 9.17) is 4.74 Å². The highest BCUT2D eigenvalue weighted by Crippen LogP contribution is 2.20. The van der Waals surface area contributed by atoms with Crippen molar-refractivity contribution in [3.8, 4) is 5.75 Å². The van der Waals surface area contributed by atoms with Crippen LogP contribution in [-0.2, 0) is 4.79 Å². The van der Waals surface area contributed by atoms with Crippen LogP contribution in [0.15, 0.2) is 24.3 Å². The molecule has 1 unspecified atom stereocenters. The fourth-order valence-electron chi connectivity index (χ4n) is 2.85. The molecule has 1 saturated carbocycles. The van der Waals surface area contributed by atoms with Crippen molar-refractivity contribution in [1.29, 1.82) is 0 Å². The summed E-state index contributed by atoms with van der Waals surface area (Å²) in [6, 6.07) is 8.20. The van der Waals surface area contributed by atoms with Crippen LogP contribution in [0.5, 0.6) is 5.75 Å². The molecule has 1 aromatic carbocycles. The van der Waals surface area contributed by atoms with Crippen LogP contribution in [0.3, 0.4) is 0 Å². The van der Waals surface area contributed by atoms with E-state index in [1.54, 1.807) is 7.11 Å². The molecule has 4 nitrogen and oxygen atoms in total. The Labute approximate surface area is 127 Å². The van der Waals surface area contributed by atoms with Crippen molar-refractivity contribution in [2.45, 2.75) is 57.7 Å². The highest BCUT2D eigenvalue weighted by Gasteiger charge is 2.21. The molecule has 1 aliphatic carbocycles. The molecule has 0 bridgehead atoms. The first-order chi connectivity index (χ1) is 10.1. The van der Waals surface area contributed by atoms with Crippen molar-refractivity contribution in [2.75, 3.05) is 7.11 Å². The fourth-order valence-corrected chi connectivity index (χ4v) is 2.85. The molecular weight excluding hydrogens is 264 g/mol. The first-order valence-corrected chi connectivity index (χ1v) is 7.80. The maximum absolute atomic E-state index is 12.2. The van der Waals surface area contributed by atoms with Gasteiger partial charge in [0.1, 0.15) is 5.75 Å². The maximum Gasteiger partial charge on any atom is 0.237 e. The molecule has 1 fully saturated rings. The number of nitrogens with one attached hydrogen (secondary N) is 2. The van der Waals surface area contributed by atoms with Gasteiger partial charge < -0.3 is 10.1 Å². The number of rotatable bonds is 6. The van der Waals surface area contributed by atoms with Crippen LogP contribution in [0, 0.1) is 0 Å². The van der Waals surface area contributed by atoms with Crippen LogP contribution >= 0.6 is 0 Å². The molecule has 0 heterocycles. The molecule has 116 valence electrons. The summed E-state index contributed by atoms with van der Waals surface area (Å²) in [7, 11) is 1.66. The monoisotopic (exact) mass is 290 g/mol. The SMILES string of the molecule is COc1cccc([C@@H](C)NC(C)C(=O)NC2CCCC2)c1. The average molecular weight is 290 g/mol. The fraction of sp³-hybridized carbons (Fsp3) is 0.588. The molecule has 0 aliphatic heterocycles. The zero-order valence-corrected chi connectivity index (χ0v) is 13.2. The second-order valence-electron chi connectivity index (χ2n) is 5.88. The van der Waals surface area contributed by atoms with Crippen molar-refractivity contribution >= 4 is 5.91 Å². The molecule has 2 rings (SSSR count). The Hall–Kier alpha value is -1.55. The molecule has 1 amide bonds. The van der Waals surface area contributed by atoms with E-state index >= 15 is 0 Å². The summed E-state index contributed by atoms with van der Waals surface area (Å²) in [6.07, 6.45) is 4.69. The quantitative estimate of drug-likeness (QED) is 0.847. The summed E-state index contributed by atoms with van der Waals surface area (Å²) in [4.78, 5) is 12.2. The van der Waals surface area contributed by atoms with Crippen LogP contribution in [0.4, 0.5) is 0 Å². The molecule has 0 saturated heterocycles. The van der Waals surface area contributed by atoms with Gasteiger partial charge in [0, 0.05) is 12.1 Å². The number of benzene rings is 1. The van der Waals surface area contributed by atoms with Crippen molar-refractivity contribution in [1.82, 2.24) is 10.6 Å². The van der Waals surface area contributed by atoms with Crippen LogP contribution in [0.2, 0.25) is 0 Å². The van der Waals surface area contributed by atoms with Crippen LogP contribution in [0.1, 0.15) is 51.1 Å². The van der Waals surface area contributed by atoms with Gasteiger partial charge >= 0.3 is 0 Å². The minimum Gasteiger partial charge on any atom is -0.497 e. The van der Waals surface area contributed by atoms with E-state index in [1.807, 2.05) is 31.2 Å². The van der Waals surface area contributed by atoms with E-state index in [1.165, 1.54) is 12.8 Å². The van der Waals surface area contributed by atoms with Crippen molar-refractivity contribution in [3.63, 3.8) is 0 Å². The topological polar surface area (TPSA) is 50.4 Å². The second-order valence-corrected chi connectivity index (χ2v) is 5.88. The molecular formula is C17H26N2O2. The predicted octanol–water partition coefficient (Wildman–Crippen LogP) is 2.79. The maximum atomic E-state index is 12.2. The second kappa shape index (κ2) is 7.46. The van der Waals surface area contributed by atoms with Gasteiger partial charge in [-0.15, -0.1) is 0 Å². The van der Waals surface area contributed by atoms with E-state index in [-0.39, 0.29) is 18.0 Å². The molecule has 0 aromatic heterocycles. The third-order valence-corrected chi connectivity index (χ3v) is 4.19. The minimum absolute atomic E-state index is 0.0941. The van der Waals surface area contributed by atoms with Gasteiger partial charge in [0.15, 0.2) is 0 Å². The number of carbonyl (C=O) groups excluding carboxylic acids is 1. The summed E-state index contributed by atoms with van der Waals surface area (Å²) in [5.74, 6) is 0.931. The van der Waals surface area contributed by atoms with E-state index in [2.05, 4.69) is 17.6 Å². The van der Waals surface area contributed by atoms with Crippen molar-refractivity contribution in [3.05, 3.63) is 29.8 Å². The van der Waals surface area contributed by atoms with Gasteiger partial charge in [-0.3, -0.25) is 10.1 Å². The van der Waals surface area contributed by atoms with E-state index in [9.17, 15) is 4.79 Å². The van der Waals surface area contributed by atoms with Crippen molar-refractivity contribution in [2.24, 2.45) is 0 Å². The Kier molecular flexibility index (Phi) is 5.62. The number of hydrogen-bond acceptors (Lipinski definition) is 3. The number of carbonyl (C=O) groups is 1. The van der Waals surface area contributed by atoms with Gasteiger partial charge in [0.05, 0.1) is 13.2 Å². The summed E-state index contributed by atoms with van der Waals surface area (Å²) < 4.78 is 5.24. The Morgan fingerprint density at radius 2 is 2.00 bits per heavy atom. The molecule has 1 aliphatic rings. The molecule has 0 radical (unpaired) electrons. The van der Waals surface area contributed by atoms with Gasteiger partial charge in [-0.2, -0.15) is 0 Å². The van der Waals surface area contributed by atoms with Crippen molar-refractivity contribution < 1.29 is 9.53 Å². The van der Waals surface area contributed by atoms with E-state index < -0.39 is 0 Å². The highest BCUT2D eigenvalue weighted by atomic mass is 16.5. The lowest BCUT2D eigenvalue weighted by atomic mass is 10.1. The zero-order valence-electron chi connectivity index (χ0n) is 13.2. The Morgan fingerprint density at radius 1 is 1.29 bits per heavy atom. The molecule has 21 heavy (non-hydrogen) atoms. The summed E-state index contributed by atoms with van der Waals surface area (Å²) >= 11 is 0. The molecule has 4 heteroatoms. The number of hydrogen-bond donors (Lipinski definition) is 2. The van der Waals surface area contributed by atoms with E-state index in [0.717, 1.165) is 24.2 Å². The lowest BCUT2D eigenvalue weighted by molar-refractivity contribution is -0.123. The van der Waals surface area contributed by atoms with Crippen LogP contribution < -0.4 is 15.4 Å². The van der Waals surface area contributed by atoms with Gasteiger partial charge in [0.25, 0.3) is 0 Å². The van der Waals surface area contributed by atoms with Gasteiger partial charge in [-0.05, 0) is 44.4 Å². The number of amides is 1. The smallest absolute Gasteiger partial charge is 0.237 e. The van der Waals surface area contributed by atoms with Crippen LogP contribution in [0.25, 0.3) is 0 Å². The lowest BCUT2D eigenvalue weighted by Crippen LogP contribution is -2.46. The normalized spacial score (nSPS) is 18.2. The first-order valence-electron chi connectivity index (χ1n) is 7.80. The Morgan fingerprint density at radius 3 is 2.67 bits per heavy atom. The lowest BCUT2D eigenvalue weighted by Gasteiger charge is -2.22. The minimum atomic E-state index is -0.202. The average Bonchev–Trinajstić information content (AvgIpc) is 3.00. The summed E-state index contributed by atoms with van der Waals surface area (Å²) in [6.45, 7) is 3.98. The zero-order chi connectivity index (χ0) is 15.2. The molecule has 2 N–H and O–H groups in total. The Bertz CT molecular complexity index is 470. The molecule has 1 aromatic rings. The molecule has 0 spiro atoms. The summed E-state index contributed by atoms with van der Waals surface area (Å²) in [5.41, 5.74) is 1.12. The highest BCUT2D eigenvalue weighted by molar-refractivity contribution is 5.81. The third-order valence-electron chi connectivity index (χ3n) is 4.19. The third kappa shape index (κ3) is 4.46. The molecule has 2 atom stereocenters. The number of methoxy groups -OCH3 is 1.